The average Bonchev–Trinajstić information content (AvgIpc) is 2.39. The van der Waals surface area contributed by atoms with E-state index in [-0.39, 0.29) is 0 Å². The molecule has 0 radical (unpaired) electrons. The van der Waals surface area contributed by atoms with E-state index in [0.29, 0.717) is 6.61 Å². The van der Waals surface area contributed by atoms with Crippen LogP contribution in [0.1, 0.15) is 84.5 Å². The first-order chi connectivity index (χ1) is 9.66. The van der Waals surface area contributed by atoms with E-state index in [0.717, 1.165) is 12.8 Å². The Kier molecular flexibility index (Phi) is 13.6. The highest BCUT2D eigenvalue weighted by atomic mass is 16.7. The maximum absolute atomic E-state index is 10.9. The zero-order chi connectivity index (χ0) is 15.1. The molecule has 0 saturated carbocycles. The maximum Gasteiger partial charge on any atom is 0.516 e. The topological polar surface area (TPSA) is 52.6 Å². The first kappa shape index (κ1) is 18.9. The first-order valence-corrected chi connectivity index (χ1v) is 8.02. The summed E-state index contributed by atoms with van der Waals surface area (Å²) in [5.74, 6) is -0.631. The van der Waals surface area contributed by atoms with Crippen LogP contribution in [0, 0.1) is 0 Å². The molecule has 0 rings (SSSR count). The highest BCUT2D eigenvalue weighted by Gasteiger charge is 2.05. The Balaban J connectivity index is 3.09. The summed E-state index contributed by atoms with van der Waals surface area (Å²) in [5.41, 5.74) is 0. The van der Waals surface area contributed by atoms with Crippen LogP contribution in [0.3, 0.4) is 0 Å². The van der Waals surface area contributed by atoms with Crippen LogP contribution in [0.25, 0.3) is 0 Å². The minimum Gasteiger partial charge on any atom is -0.434 e. The lowest BCUT2D eigenvalue weighted by Crippen LogP contribution is -2.11. The molecule has 0 aromatic rings. The molecule has 0 aliphatic heterocycles. The largest absolute Gasteiger partial charge is 0.516 e. The van der Waals surface area contributed by atoms with Crippen molar-refractivity contribution in [2.24, 2.45) is 0 Å². The first-order valence-electron chi connectivity index (χ1n) is 8.02. The van der Waals surface area contributed by atoms with Crippen LogP contribution in [0.5, 0.6) is 0 Å². The molecule has 0 heterocycles. The normalized spacial score (nSPS) is 10.3. The van der Waals surface area contributed by atoms with E-state index < -0.39 is 12.1 Å². The number of rotatable bonds is 12. The van der Waals surface area contributed by atoms with Crippen molar-refractivity contribution in [2.45, 2.75) is 84.5 Å². The lowest BCUT2D eigenvalue weighted by Gasteiger charge is -2.04. The number of hydrogen-bond donors (Lipinski definition) is 0. The van der Waals surface area contributed by atoms with E-state index >= 15 is 0 Å². The Morgan fingerprint density at radius 2 is 1.20 bits per heavy atom. The molecular formula is C16H30O4. The van der Waals surface area contributed by atoms with Gasteiger partial charge in [0.25, 0.3) is 0 Å². The van der Waals surface area contributed by atoms with Crippen LogP contribution in [-0.2, 0) is 14.3 Å². The molecule has 20 heavy (non-hydrogen) atoms. The second kappa shape index (κ2) is 14.4. The Hall–Kier alpha value is -1.06. The number of ether oxygens (including phenoxy) is 2. The second-order valence-corrected chi connectivity index (χ2v) is 5.23. The summed E-state index contributed by atoms with van der Waals surface area (Å²) in [6, 6.07) is 0. The number of esters is 1. The zero-order valence-corrected chi connectivity index (χ0v) is 13.1. The van der Waals surface area contributed by atoms with Crippen molar-refractivity contribution >= 4 is 12.1 Å². The predicted octanol–water partition coefficient (Wildman–Crippen LogP) is 5.00. The van der Waals surface area contributed by atoms with Crippen LogP contribution in [0.4, 0.5) is 4.79 Å². The summed E-state index contributed by atoms with van der Waals surface area (Å²) >= 11 is 0. The molecule has 0 aliphatic rings. The second-order valence-electron chi connectivity index (χ2n) is 5.23. The van der Waals surface area contributed by atoms with Crippen LogP contribution < -0.4 is 0 Å². The van der Waals surface area contributed by atoms with Crippen molar-refractivity contribution in [3.05, 3.63) is 0 Å². The molecule has 0 spiro atoms. The molecule has 0 atom stereocenters. The Labute approximate surface area is 123 Å². The van der Waals surface area contributed by atoms with Gasteiger partial charge in [0.1, 0.15) is 0 Å². The Morgan fingerprint density at radius 1 is 0.750 bits per heavy atom. The van der Waals surface area contributed by atoms with Gasteiger partial charge in [-0.15, -0.1) is 0 Å². The molecule has 0 unspecified atom stereocenters. The summed E-state index contributed by atoms with van der Waals surface area (Å²) in [5, 5.41) is 0. The van der Waals surface area contributed by atoms with Crippen LogP contribution in [0.2, 0.25) is 0 Å². The van der Waals surface area contributed by atoms with Crippen molar-refractivity contribution in [2.75, 3.05) is 6.61 Å². The summed E-state index contributed by atoms with van der Waals surface area (Å²) < 4.78 is 9.00. The molecule has 118 valence electrons. The fourth-order valence-corrected chi connectivity index (χ4v) is 2.07. The average molecular weight is 286 g/mol. The van der Waals surface area contributed by atoms with E-state index in [1.165, 1.54) is 64.7 Å². The molecule has 0 aromatic carbocycles. The summed E-state index contributed by atoms with van der Waals surface area (Å²) in [7, 11) is 0. The van der Waals surface area contributed by atoms with Gasteiger partial charge in [0.05, 0.1) is 6.61 Å². The molecule has 4 heteroatoms. The minimum absolute atomic E-state index is 0.336. The van der Waals surface area contributed by atoms with Crippen LogP contribution >= 0.6 is 0 Å². The molecule has 0 amide bonds. The van der Waals surface area contributed by atoms with E-state index in [2.05, 4.69) is 11.7 Å². The van der Waals surface area contributed by atoms with Crippen molar-refractivity contribution < 1.29 is 19.1 Å². The van der Waals surface area contributed by atoms with Crippen LogP contribution in [0.15, 0.2) is 0 Å². The molecule has 0 N–H and O–H groups in total. The van der Waals surface area contributed by atoms with Crippen molar-refractivity contribution in [1.29, 1.82) is 0 Å². The van der Waals surface area contributed by atoms with Gasteiger partial charge < -0.3 is 9.47 Å². The van der Waals surface area contributed by atoms with Gasteiger partial charge in [-0.3, -0.25) is 4.79 Å². The summed E-state index contributed by atoms with van der Waals surface area (Å²) in [4.78, 5) is 21.3. The Morgan fingerprint density at radius 3 is 1.65 bits per heavy atom. The van der Waals surface area contributed by atoms with Crippen molar-refractivity contribution in [1.82, 2.24) is 0 Å². The zero-order valence-electron chi connectivity index (χ0n) is 13.1. The van der Waals surface area contributed by atoms with Crippen molar-refractivity contribution in [3.63, 3.8) is 0 Å². The van der Waals surface area contributed by atoms with E-state index in [1.54, 1.807) is 0 Å². The number of carbonyl (C=O) groups excluding carboxylic acids is 2. The van der Waals surface area contributed by atoms with Gasteiger partial charge in [0, 0.05) is 6.92 Å². The minimum atomic E-state index is -0.885. The van der Waals surface area contributed by atoms with Crippen molar-refractivity contribution in [3.8, 4) is 0 Å². The molecule has 0 aliphatic carbocycles. The SMILES string of the molecule is CCCCCCCCCCCCCOC(=O)OC(C)=O. The fraction of sp³-hybridized carbons (Fsp3) is 0.875. The molecule has 0 aromatic heterocycles. The lowest BCUT2D eigenvalue weighted by atomic mass is 10.1. The third kappa shape index (κ3) is 15.0. The van der Waals surface area contributed by atoms with E-state index in [1.807, 2.05) is 0 Å². The monoisotopic (exact) mass is 286 g/mol. The molecule has 0 fully saturated rings. The predicted molar refractivity (Wildman–Crippen MR) is 79.6 cm³/mol. The molecular weight excluding hydrogens is 256 g/mol. The number of hydrogen-bond acceptors (Lipinski definition) is 4. The van der Waals surface area contributed by atoms with Gasteiger partial charge >= 0.3 is 12.1 Å². The standard InChI is InChI=1S/C16H30O4/c1-3-4-5-6-7-8-9-10-11-12-13-14-19-16(18)20-15(2)17/h3-14H2,1-2H3. The van der Waals surface area contributed by atoms with E-state index in [9.17, 15) is 9.59 Å². The quantitative estimate of drug-likeness (QED) is 0.288. The molecule has 0 bridgehead atoms. The Bertz CT molecular complexity index is 251. The van der Waals surface area contributed by atoms with Gasteiger partial charge in [-0.25, -0.2) is 4.79 Å². The number of carbonyl (C=O) groups is 2. The van der Waals surface area contributed by atoms with E-state index in [4.69, 9.17) is 4.74 Å². The molecule has 4 nitrogen and oxygen atoms in total. The fourth-order valence-electron chi connectivity index (χ4n) is 2.07. The summed E-state index contributed by atoms with van der Waals surface area (Å²) in [6.45, 7) is 3.76. The maximum atomic E-state index is 10.9. The lowest BCUT2D eigenvalue weighted by molar-refractivity contribution is -0.137. The molecule has 0 saturated heterocycles. The number of unbranched alkanes of at least 4 members (excludes halogenated alkanes) is 10. The highest BCUT2D eigenvalue weighted by molar-refractivity contribution is 5.79. The van der Waals surface area contributed by atoms with Gasteiger partial charge in [0.15, 0.2) is 0 Å². The smallest absolute Gasteiger partial charge is 0.434 e. The van der Waals surface area contributed by atoms with Gasteiger partial charge in [-0.2, -0.15) is 0 Å². The third-order valence-electron chi connectivity index (χ3n) is 3.19. The highest BCUT2D eigenvalue weighted by Crippen LogP contribution is 2.11. The third-order valence-corrected chi connectivity index (χ3v) is 3.19. The van der Waals surface area contributed by atoms with Gasteiger partial charge in [0.2, 0.25) is 0 Å². The van der Waals surface area contributed by atoms with Gasteiger partial charge in [-0.1, -0.05) is 71.1 Å². The van der Waals surface area contributed by atoms with Gasteiger partial charge in [-0.05, 0) is 6.42 Å². The van der Waals surface area contributed by atoms with Crippen LogP contribution in [-0.4, -0.2) is 18.7 Å². The summed E-state index contributed by atoms with van der Waals surface area (Å²) in [6.07, 6.45) is 12.9.